The van der Waals surface area contributed by atoms with Crippen LogP contribution >= 0.6 is 11.3 Å². The lowest BCUT2D eigenvalue weighted by Gasteiger charge is -2.38. The van der Waals surface area contributed by atoms with E-state index in [-0.39, 0.29) is 17.1 Å². The zero-order valence-electron chi connectivity index (χ0n) is 16.2. The second-order valence-corrected chi connectivity index (χ2v) is 8.75. The first-order chi connectivity index (χ1) is 14.1. The van der Waals surface area contributed by atoms with E-state index in [1.807, 2.05) is 0 Å². The van der Waals surface area contributed by atoms with E-state index in [1.54, 1.807) is 12.1 Å². The van der Waals surface area contributed by atoms with Crippen LogP contribution in [-0.4, -0.2) is 60.5 Å². The number of nitrogens with one attached hydrogen (secondary N) is 1. The summed E-state index contributed by atoms with van der Waals surface area (Å²) in [6, 6.07) is 6.05. The Morgan fingerprint density at radius 2 is 1.97 bits per heavy atom. The highest BCUT2D eigenvalue weighted by Crippen LogP contribution is 2.33. The molecule has 4 rings (SSSR count). The van der Waals surface area contributed by atoms with Gasteiger partial charge < -0.3 is 14.8 Å². The molecule has 1 spiro atoms. The third-order valence-corrected chi connectivity index (χ3v) is 6.37. The van der Waals surface area contributed by atoms with Gasteiger partial charge in [0, 0.05) is 38.3 Å². The van der Waals surface area contributed by atoms with E-state index in [4.69, 9.17) is 9.47 Å². The van der Waals surface area contributed by atoms with Crippen molar-refractivity contribution in [2.75, 3.05) is 39.5 Å². The number of carbonyl (C=O) groups excluding carboxylic acids is 1. The van der Waals surface area contributed by atoms with Gasteiger partial charge in [-0.05, 0) is 30.5 Å². The van der Waals surface area contributed by atoms with E-state index in [1.165, 1.54) is 23.5 Å². The van der Waals surface area contributed by atoms with Gasteiger partial charge in [-0.25, -0.2) is 4.39 Å². The molecule has 0 radical (unpaired) electrons. The largest absolute Gasteiger partial charge is 0.381 e. The Labute approximate surface area is 173 Å². The van der Waals surface area contributed by atoms with E-state index < -0.39 is 0 Å². The maximum Gasteiger partial charge on any atom is 0.282 e. The van der Waals surface area contributed by atoms with Gasteiger partial charge in [0.1, 0.15) is 10.8 Å². The number of aromatic nitrogens is 2. The van der Waals surface area contributed by atoms with E-state index in [0.29, 0.717) is 24.7 Å². The summed E-state index contributed by atoms with van der Waals surface area (Å²) in [4.78, 5) is 14.7. The van der Waals surface area contributed by atoms with Gasteiger partial charge in [0.2, 0.25) is 5.01 Å². The molecule has 3 heterocycles. The molecule has 2 fully saturated rings. The molecule has 0 atom stereocenters. The molecule has 0 saturated carbocycles. The van der Waals surface area contributed by atoms with Crippen molar-refractivity contribution in [2.45, 2.75) is 25.9 Å². The molecule has 2 aliphatic heterocycles. The van der Waals surface area contributed by atoms with E-state index in [9.17, 15) is 9.18 Å². The highest BCUT2D eigenvalue weighted by Gasteiger charge is 2.36. The molecule has 2 aliphatic rings. The lowest BCUT2D eigenvalue weighted by atomic mass is 9.80. The van der Waals surface area contributed by atoms with Crippen LogP contribution in [0.5, 0.6) is 0 Å². The van der Waals surface area contributed by atoms with Crippen LogP contribution in [0.25, 0.3) is 0 Å². The Morgan fingerprint density at radius 1 is 1.17 bits per heavy atom. The number of carbonyl (C=O) groups is 1. The first-order valence-corrected chi connectivity index (χ1v) is 10.7. The Kier molecular flexibility index (Phi) is 6.49. The number of amides is 1. The van der Waals surface area contributed by atoms with Crippen molar-refractivity contribution in [3.8, 4) is 0 Å². The average molecular weight is 421 g/mol. The molecule has 0 bridgehead atoms. The molecule has 7 nitrogen and oxygen atoms in total. The van der Waals surface area contributed by atoms with Crippen molar-refractivity contribution in [3.63, 3.8) is 0 Å². The van der Waals surface area contributed by atoms with Crippen molar-refractivity contribution in [2.24, 2.45) is 5.41 Å². The fraction of sp³-hybridized carbons (Fsp3) is 0.550. The van der Waals surface area contributed by atoms with Crippen LogP contribution < -0.4 is 5.32 Å². The molecule has 156 valence electrons. The second kappa shape index (κ2) is 9.25. The summed E-state index contributed by atoms with van der Waals surface area (Å²) in [5.41, 5.74) is 0.977. The van der Waals surface area contributed by atoms with Gasteiger partial charge in [0.05, 0.1) is 19.8 Å². The summed E-state index contributed by atoms with van der Waals surface area (Å²) in [5.74, 6) is -0.562. The molecule has 0 aliphatic carbocycles. The van der Waals surface area contributed by atoms with Crippen LogP contribution in [0.2, 0.25) is 0 Å². The predicted molar refractivity (Wildman–Crippen MR) is 106 cm³/mol. The van der Waals surface area contributed by atoms with Crippen LogP contribution in [0, 0.1) is 11.2 Å². The Bertz CT molecular complexity index is 823. The summed E-state index contributed by atoms with van der Waals surface area (Å²) in [5, 5.41) is 12.2. The summed E-state index contributed by atoms with van der Waals surface area (Å²) >= 11 is 1.31. The summed E-state index contributed by atoms with van der Waals surface area (Å²) < 4.78 is 24.4. The van der Waals surface area contributed by atoms with Crippen molar-refractivity contribution in [3.05, 3.63) is 45.7 Å². The standard InChI is InChI=1S/C20H25FN4O3S/c21-16-3-1-15(2-4-16)11-22-18(26)19-24-23-17(29-19)12-25-7-10-28-14-20(13-25)5-8-27-9-6-20/h1-4H,5-14H2,(H,22,26). The van der Waals surface area contributed by atoms with Crippen molar-refractivity contribution >= 4 is 17.2 Å². The minimum atomic E-state index is -0.296. The maximum absolute atomic E-state index is 13.0. The van der Waals surface area contributed by atoms with E-state index >= 15 is 0 Å². The van der Waals surface area contributed by atoms with Gasteiger partial charge in [-0.2, -0.15) is 0 Å². The topological polar surface area (TPSA) is 76.6 Å². The van der Waals surface area contributed by atoms with Gasteiger partial charge >= 0.3 is 0 Å². The first-order valence-electron chi connectivity index (χ1n) is 9.85. The molecule has 2 saturated heterocycles. The molecule has 9 heteroatoms. The minimum Gasteiger partial charge on any atom is -0.381 e. The van der Waals surface area contributed by atoms with Gasteiger partial charge in [0.25, 0.3) is 5.91 Å². The van der Waals surface area contributed by atoms with Crippen LogP contribution in [0.4, 0.5) is 4.39 Å². The third kappa shape index (κ3) is 5.36. The van der Waals surface area contributed by atoms with Gasteiger partial charge in [-0.3, -0.25) is 9.69 Å². The molecule has 1 aromatic carbocycles. The number of nitrogens with zero attached hydrogens (tertiary/aromatic N) is 3. The molecule has 1 aromatic heterocycles. The number of hydrogen-bond acceptors (Lipinski definition) is 7. The molecule has 1 amide bonds. The van der Waals surface area contributed by atoms with E-state index in [0.717, 1.165) is 56.3 Å². The zero-order valence-corrected chi connectivity index (χ0v) is 17.0. The van der Waals surface area contributed by atoms with Crippen molar-refractivity contribution in [1.29, 1.82) is 0 Å². The van der Waals surface area contributed by atoms with Crippen LogP contribution in [0.15, 0.2) is 24.3 Å². The smallest absolute Gasteiger partial charge is 0.282 e. The molecule has 29 heavy (non-hydrogen) atoms. The predicted octanol–water partition coefficient (Wildman–Crippen LogP) is 2.24. The lowest BCUT2D eigenvalue weighted by Crippen LogP contribution is -2.42. The van der Waals surface area contributed by atoms with Crippen molar-refractivity contribution in [1.82, 2.24) is 20.4 Å². The second-order valence-electron chi connectivity index (χ2n) is 7.69. The third-order valence-electron chi connectivity index (χ3n) is 5.46. The fourth-order valence-electron chi connectivity index (χ4n) is 3.78. The normalized spacial score (nSPS) is 19.8. The lowest BCUT2D eigenvalue weighted by molar-refractivity contribution is -0.0320. The Balaban J connectivity index is 1.33. The van der Waals surface area contributed by atoms with Crippen LogP contribution in [0.3, 0.4) is 0 Å². The van der Waals surface area contributed by atoms with Gasteiger partial charge in [0.15, 0.2) is 0 Å². The minimum absolute atomic E-state index is 0.148. The summed E-state index contributed by atoms with van der Waals surface area (Å²) in [6.07, 6.45) is 2.02. The molecule has 2 aromatic rings. The summed E-state index contributed by atoms with van der Waals surface area (Å²) in [6.45, 7) is 5.82. The number of benzene rings is 1. The Hall–Kier alpha value is -1.94. The highest BCUT2D eigenvalue weighted by atomic mass is 32.1. The first kappa shape index (κ1) is 20.3. The van der Waals surface area contributed by atoms with Crippen LogP contribution in [-0.2, 0) is 22.6 Å². The van der Waals surface area contributed by atoms with E-state index in [2.05, 4.69) is 20.4 Å². The SMILES string of the molecule is O=C(NCc1ccc(F)cc1)c1nnc(CN2CCOCC3(CCOCC3)C2)s1. The maximum atomic E-state index is 13.0. The molecular weight excluding hydrogens is 395 g/mol. The molecular formula is C20H25FN4O3S. The van der Waals surface area contributed by atoms with Crippen molar-refractivity contribution < 1.29 is 18.7 Å². The number of rotatable bonds is 5. The van der Waals surface area contributed by atoms with Gasteiger partial charge in [-0.15, -0.1) is 10.2 Å². The number of hydrogen-bond donors (Lipinski definition) is 1. The fourth-order valence-corrected chi connectivity index (χ4v) is 4.58. The Morgan fingerprint density at radius 3 is 2.76 bits per heavy atom. The summed E-state index contributed by atoms with van der Waals surface area (Å²) in [7, 11) is 0. The average Bonchev–Trinajstić information content (AvgIpc) is 3.11. The number of ether oxygens (including phenoxy) is 2. The van der Waals surface area contributed by atoms with Gasteiger partial charge in [-0.1, -0.05) is 23.5 Å². The molecule has 1 N–H and O–H groups in total. The number of halogens is 1. The monoisotopic (exact) mass is 420 g/mol. The molecule has 0 unspecified atom stereocenters. The quantitative estimate of drug-likeness (QED) is 0.800. The van der Waals surface area contributed by atoms with Crippen LogP contribution in [0.1, 0.15) is 33.2 Å². The zero-order chi connectivity index (χ0) is 20.1. The highest BCUT2D eigenvalue weighted by molar-refractivity contribution is 7.13.